The Hall–Kier alpha value is -3.36. The van der Waals surface area contributed by atoms with Crippen molar-refractivity contribution in [1.29, 1.82) is 0 Å². The minimum atomic E-state index is -1.04. The lowest BCUT2D eigenvalue weighted by Gasteiger charge is -2.34. The van der Waals surface area contributed by atoms with Crippen molar-refractivity contribution in [3.05, 3.63) is 75.1 Å². The van der Waals surface area contributed by atoms with Gasteiger partial charge >= 0.3 is 11.6 Å². The van der Waals surface area contributed by atoms with Crippen molar-refractivity contribution in [2.24, 2.45) is 0 Å². The van der Waals surface area contributed by atoms with Gasteiger partial charge in [0.15, 0.2) is 6.61 Å². The van der Waals surface area contributed by atoms with Gasteiger partial charge in [-0.25, -0.2) is 4.79 Å². The van der Waals surface area contributed by atoms with Gasteiger partial charge in [-0.05, 0) is 35.4 Å². The molecule has 1 N–H and O–H groups in total. The molecule has 0 aliphatic carbocycles. The normalized spacial score (nSPS) is 14.4. The molecule has 1 saturated heterocycles. The third-order valence-electron chi connectivity index (χ3n) is 5.55. The highest BCUT2D eigenvalue weighted by molar-refractivity contribution is 6.30. The van der Waals surface area contributed by atoms with E-state index in [0.29, 0.717) is 34.8 Å². The molecule has 8 nitrogen and oxygen atoms in total. The molecule has 0 atom stereocenters. The van der Waals surface area contributed by atoms with Crippen molar-refractivity contribution in [2.75, 3.05) is 32.8 Å². The van der Waals surface area contributed by atoms with Gasteiger partial charge in [0.25, 0.3) is 5.91 Å². The van der Waals surface area contributed by atoms with Crippen LogP contribution in [-0.2, 0) is 22.6 Å². The molecule has 1 amide bonds. The number of fused-ring (bicyclic) bond motifs is 1. The largest absolute Gasteiger partial charge is 0.484 e. The molecular weight excluding hydrogens is 448 g/mol. The molecule has 172 valence electrons. The molecule has 1 aliphatic heterocycles. The van der Waals surface area contributed by atoms with Crippen LogP contribution in [0.1, 0.15) is 11.1 Å². The van der Waals surface area contributed by atoms with E-state index in [4.69, 9.17) is 25.9 Å². The smallest absolute Gasteiger partial charge is 0.336 e. The maximum absolute atomic E-state index is 12.6. The number of nitrogens with zero attached hydrogens (tertiary/aromatic N) is 2. The zero-order chi connectivity index (χ0) is 23.4. The molecule has 4 rings (SSSR count). The van der Waals surface area contributed by atoms with Crippen LogP contribution in [0.5, 0.6) is 5.75 Å². The van der Waals surface area contributed by atoms with Crippen molar-refractivity contribution in [1.82, 2.24) is 9.80 Å². The summed E-state index contributed by atoms with van der Waals surface area (Å²) in [6.45, 7) is 3.43. The summed E-state index contributed by atoms with van der Waals surface area (Å²) in [6.07, 6.45) is -0.287. The summed E-state index contributed by atoms with van der Waals surface area (Å²) in [5.74, 6) is -0.795. The van der Waals surface area contributed by atoms with Crippen LogP contribution in [0.25, 0.3) is 11.0 Å². The molecule has 9 heteroatoms. The number of benzene rings is 2. The fourth-order valence-corrected chi connectivity index (χ4v) is 3.97. The van der Waals surface area contributed by atoms with Gasteiger partial charge in [-0.15, -0.1) is 0 Å². The topological polar surface area (TPSA) is 100 Å². The average molecular weight is 471 g/mol. The van der Waals surface area contributed by atoms with Gasteiger partial charge in [0.2, 0.25) is 0 Å². The number of carbonyl (C=O) groups excluding carboxylic acids is 1. The number of carboxylic acids is 1. The first-order chi connectivity index (χ1) is 15.9. The second kappa shape index (κ2) is 10.1. The van der Waals surface area contributed by atoms with Crippen LogP contribution in [0, 0.1) is 0 Å². The second-order valence-electron chi connectivity index (χ2n) is 7.89. The lowest BCUT2D eigenvalue weighted by molar-refractivity contribution is -0.136. The summed E-state index contributed by atoms with van der Waals surface area (Å²) in [7, 11) is 0. The number of hydrogen-bond acceptors (Lipinski definition) is 6. The van der Waals surface area contributed by atoms with E-state index in [1.807, 2.05) is 24.3 Å². The Balaban J connectivity index is 1.32. The van der Waals surface area contributed by atoms with E-state index in [2.05, 4.69) is 4.90 Å². The Morgan fingerprint density at radius 3 is 2.45 bits per heavy atom. The predicted molar refractivity (Wildman–Crippen MR) is 123 cm³/mol. The molecule has 0 unspecified atom stereocenters. The second-order valence-corrected chi connectivity index (χ2v) is 8.33. The van der Waals surface area contributed by atoms with Gasteiger partial charge in [0.05, 0.1) is 6.42 Å². The van der Waals surface area contributed by atoms with Gasteiger partial charge in [0.1, 0.15) is 11.3 Å². The minimum Gasteiger partial charge on any atom is -0.484 e. The summed E-state index contributed by atoms with van der Waals surface area (Å²) in [6, 6.07) is 13.7. The first-order valence-electron chi connectivity index (χ1n) is 10.5. The van der Waals surface area contributed by atoms with Gasteiger partial charge in [-0.1, -0.05) is 23.7 Å². The van der Waals surface area contributed by atoms with Crippen LogP contribution in [0.2, 0.25) is 5.02 Å². The van der Waals surface area contributed by atoms with Crippen LogP contribution in [0.15, 0.2) is 57.7 Å². The molecule has 0 saturated carbocycles. The van der Waals surface area contributed by atoms with Crippen LogP contribution >= 0.6 is 11.6 Å². The molecule has 1 aliphatic rings. The lowest BCUT2D eigenvalue weighted by Crippen LogP contribution is -2.49. The van der Waals surface area contributed by atoms with E-state index in [-0.39, 0.29) is 24.5 Å². The fraction of sp³-hybridized carbons (Fsp3) is 0.292. The highest BCUT2D eigenvalue weighted by Crippen LogP contribution is 2.23. The first-order valence-corrected chi connectivity index (χ1v) is 10.9. The molecule has 2 aromatic carbocycles. The quantitative estimate of drug-likeness (QED) is 0.530. The average Bonchev–Trinajstić information content (AvgIpc) is 2.79. The number of aliphatic carboxylic acids is 1. The summed E-state index contributed by atoms with van der Waals surface area (Å²) < 4.78 is 10.8. The fourth-order valence-electron chi connectivity index (χ4n) is 3.85. The number of ether oxygens (including phenoxy) is 1. The number of rotatable bonds is 7. The summed E-state index contributed by atoms with van der Waals surface area (Å²) >= 11 is 5.93. The number of carboxylic acid groups (broad SMARTS) is 1. The first kappa shape index (κ1) is 22.8. The van der Waals surface area contributed by atoms with Crippen LogP contribution in [0.3, 0.4) is 0 Å². The van der Waals surface area contributed by atoms with Crippen LogP contribution < -0.4 is 10.4 Å². The lowest BCUT2D eigenvalue weighted by atomic mass is 10.1. The predicted octanol–water partition coefficient (Wildman–Crippen LogP) is 2.80. The molecule has 3 aromatic rings. The Morgan fingerprint density at radius 1 is 1.03 bits per heavy atom. The van der Waals surface area contributed by atoms with Gasteiger partial charge in [-0.2, -0.15) is 0 Å². The van der Waals surface area contributed by atoms with E-state index in [1.165, 1.54) is 17.7 Å². The molecule has 1 fully saturated rings. The molecular formula is C24H23ClN2O6. The minimum absolute atomic E-state index is 0.123. The Kier molecular flexibility index (Phi) is 6.96. The molecule has 33 heavy (non-hydrogen) atoms. The molecule has 0 spiro atoms. The zero-order valence-corrected chi connectivity index (χ0v) is 18.6. The highest BCUT2D eigenvalue weighted by atomic mass is 35.5. The Morgan fingerprint density at radius 2 is 1.76 bits per heavy atom. The highest BCUT2D eigenvalue weighted by Gasteiger charge is 2.21. The van der Waals surface area contributed by atoms with Crippen molar-refractivity contribution in [3.8, 4) is 5.75 Å². The number of hydrogen-bond donors (Lipinski definition) is 1. The SMILES string of the molecule is O=C(O)Cc1cc(=O)oc2cc(OCC(=O)N3CCN(Cc4ccc(Cl)cc4)CC3)ccc12. The van der Waals surface area contributed by atoms with Crippen LogP contribution in [0.4, 0.5) is 0 Å². The van der Waals surface area contributed by atoms with E-state index >= 15 is 0 Å². The number of amides is 1. The van der Waals surface area contributed by atoms with E-state index in [0.717, 1.165) is 19.6 Å². The summed E-state index contributed by atoms with van der Waals surface area (Å²) in [5.41, 5.74) is 1.13. The molecule has 0 radical (unpaired) electrons. The number of piperazine rings is 1. The van der Waals surface area contributed by atoms with Crippen molar-refractivity contribution in [3.63, 3.8) is 0 Å². The summed E-state index contributed by atoms with van der Waals surface area (Å²) in [4.78, 5) is 39.4. The third-order valence-corrected chi connectivity index (χ3v) is 5.80. The number of halogens is 1. The maximum atomic E-state index is 12.6. The van der Waals surface area contributed by atoms with Gasteiger partial charge in [0, 0.05) is 55.3 Å². The van der Waals surface area contributed by atoms with Crippen molar-refractivity contribution >= 4 is 34.4 Å². The van der Waals surface area contributed by atoms with Crippen LogP contribution in [-0.4, -0.2) is 59.6 Å². The van der Waals surface area contributed by atoms with Gasteiger partial charge < -0.3 is 19.2 Å². The maximum Gasteiger partial charge on any atom is 0.336 e. The van der Waals surface area contributed by atoms with E-state index in [1.54, 1.807) is 17.0 Å². The Bertz CT molecular complexity index is 1220. The molecule has 1 aromatic heterocycles. The van der Waals surface area contributed by atoms with Crippen molar-refractivity contribution in [2.45, 2.75) is 13.0 Å². The third kappa shape index (κ3) is 5.91. The standard InChI is InChI=1S/C24H23ClN2O6/c25-18-3-1-16(2-4-18)14-26-7-9-27(10-8-26)22(28)15-32-19-5-6-20-17(11-23(29)30)12-24(31)33-21(20)13-19/h1-6,12-13H,7-11,14-15H2,(H,29,30). The Labute approximate surface area is 194 Å². The van der Waals surface area contributed by atoms with E-state index in [9.17, 15) is 14.4 Å². The van der Waals surface area contributed by atoms with Gasteiger partial charge in [-0.3, -0.25) is 14.5 Å². The summed E-state index contributed by atoms with van der Waals surface area (Å²) in [5, 5.41) is 10.3. The number of carbonyl (C=O) groups is 2. The monoisotopic (exact) mass is 470 g/mol. The molecule has 0 bridgehead atoms. The van der Waals surface area contributed by atoms with Crippen molar-refractivity contribution < 1.29 is 23.8 Å². The zero-order valence-electron chi connectivity index (χ0n) is 17.8. The van der Waals surface area contributed by atoms with E-state index < -0.39 is 11.6 Å². The molecule has 2 heterocycles.